The van der Waals surface area contributed by atoms with Crippen molar-refractivity contribution < 1.29 is 0 Å². The molecule has 2 aromatic rings. The normalized spacial score (nSPS) is 13.6. The number of hydrogen-bond acceptors (Lipinski definition) is 0. The number of benzene rings is 2. The largest absolute Gasteiger partial charge is 0.0795 e. The Morgan fingerprint density at radius 1 is 0.722 bits per heavy atom. The number of aryl methyl sites for hydroxylation is 2. The Balaban J connectivity index is 3.00. The van der Waals surface area contributed by atoms with Crippen LogP contribution in [-0.4, -0.2) is 0 Å². The first kappa shape index (κ1) is 12.9. The van der Waals surface area contributed by atoms with Crippen LogP contribution in [0.4, 0.5) is 0 Å². The van der Waals surface area contributed by atoms with Gasteiger partial charge < -0.3 is 0 Å². The molecule has 0 amide bonds. The van der Waals surface area contributed by atoms with E-state index in [0.29, 0.717) is 0 Å². The van der Waals surface area contributed by atoms with Crippen molar-refractivity contribution in [2.75, 3.05) is 0 Å². The maximum absolute atomic E-state index is 2.29. The Morgan fingerprint density at radius 2 is 1.11 bits per heavy atom. The maximum atomic E-state index is 2.29. The molecule has 0 N–H and O–H groups in total. The van der Waals surface area contributed by atoms with E-state index in [1.807, 2.05) is 0 Å². The smallest absolute Gasteiger partial charge is 0.0106 e. The predicted molar refractivity (Wildman–Crippen MR) is 82.2 cm³/mol. The molecule has 18 heavy (non-hydrogen) atoms. The Kier molecular flexibility index (Phi) is 3.86. The molecule has 0 heterocycles. The quantitative estimate of drug-likeness (QED) is 0.750. The van der Waals surface area contributed by atoms with Crippen molar-refractivity contribution in [2.45, 2.75) is 40.5 Å². The van der Waals surface area contributed by atoms with Gasteiger partial charge >= 0.3 is 0 Å². The van der Waals surface area contributed by atoms with Crippen molar-refractivity contribution in [3.63, 3.8) is 0 Å². The minimum absolute atomic E-state index is 1.09. The summed E-state index contributed by atoms with van der Waals surface area (Å²) in [6.07, 6.45) is 6.67. The van der Waals surface area contributed by atoms with Gasteiger partial charge in [0.25, 0.3) is 0 Å². The zero-order chi connectivity index (χ0) is 13.1. The highest BCUT2D eigenvalue weighted by atomic mass is 14.1. The van der Waals surface area contributed by atoms with Crippen molar-refractivity contribution >= 4 is 22.9 Å². The topological polar surface area (TPSA) is 0 Å². The van der Waals surface area contributed by atoms with Crippen LogP contribution in [0.5, 0.6) is 0 Å². The van der Waals surface area contributed by atoms with Crippen LogP contribution in [-0.2, 0) is 12.8 Å². The van der Waals surface area contributed by atoms with Crippen molar-refractivity contribution in [3.8, 4) is 0 Å². The van der Waals surface area contributed by atoms with Gasteiger partial charge in [-0.15, -0.1) is 0 Å². The highest BCUT2D eigenvalue weighted by Gasteiger charge is 2.03. The van der Waals surface area contributed by atoms with E-state index in [0.717, 1.165) is 12.8 Å². The van der Waals surface area contributed by atoms with E-state index < -0.39 is 0 Å². The van der Waals surface area contributed by atoms with Gasteiger partial charge in [-0.1, -0.05) is 50.3 Å². The Bertz CT molecular complexity index is 614. The van der Waals surface area contributed by atoms with Crippen LogP contribution >= 0.6 is 0 Å². The van der Waals surface area contributed by atoms with E-state index in [2.05, 4.69) is 64.1 Å². The van der Waals surface area contributed by atoms with Crippen LogP contribution in [0.25, 0.3) is 22.9 Å². The number of hydrogen-bond donors (Lipinski definition) is 0. The molecule has 0 aliphatic heterocycles. The van der Waals surface area contributed by atoms with Gasteiger partial charge in [0.05, 0.1) is 0 Å². The van der Waals surface area contributed by atoms with Crippen LogP contribution < -0.4 is 10.4 Å². The molecule has 0 aromatic heterocycles. The molecule has 0 saturated carbocycles. The second kappa shape index (κ2) is 5.39. The molecule has 94 valence electrons. The standard InChI is InChI=1S/C18H22/c1-5-13-9-11-18-16(8-4)14(6-2)10-12-17(18)15(13)7-3/h7-12H,5-6H2,1-4H3/b15-7+,16-8+. The third-order valence-electron chi connectivity index (χ3n) is 3.80. The fourth-order valence-corrected chi connectivity index (χ4v) is 2.84. The monoisotopic (exact) mass is 238 g/mol. The summed E-state index contributed by atoms with van der Waals surface area (Å²) in [5.74, 6) is 0. The van der Waals surface area contributed by atoms with E-state index in [-0.39, 0.29) is 0 Å². The lowest BCUT2D eigenvalue weighted by Crippen LogP contribution is -2.16. The first-order valence-corrected chi connectivity index (χ1v) is 6.92. The Morgan fingerprint density at radius 3 is 1.39 bits per heavy atom. The lowest BCUT2D eigenvalue weighted by atomic mass is 9.96. The van der Waals surface area contributed by atoms with Crippen LogP contribution in [0.3, 0.4) is 0 Å². The van der Waals surface area contributed by atoms with Gasteiger partial charge in [0, 0.05) is 0 Å². The summed E-state index contributed by atoms with van der Waals surface area (Å²) in [4.78, 5) is 0. The van der Waals surface area contributed by atoms with Crippen LogP contribution in [0.15, 0.2) is 24.3 Å². The number of rotatable bonds is 2. The van der Waals surface area contributed by atoms with Crippen LogP contribution in [0.2, 0.25) is 0 Å². The molecule has 0 atom stereocenters. The zero-order valence-electron chi connectivity index (χ0n) is 11.9. The molecule has 0 aliphatic carbocycles. The summed E-state index contributed by atoms with van der Waals surface area (Å²) in [6.45, 7) is 8.72. The molecule has 0 heteroatoms. The zero-order valence-corrected chi connectivity index (χ0v) is 11.9. The van der Waals surface area contributed by atoms with Gasteiger partial charge in [-0.2, -0.15) is 0 Å². The number of fused-ring (bicyclic) bond motifs is 1. The predicted octanol–water partition coefficient (Wildman–Crippen LogP) is 3.57. The minimum atomic E-state index is 1.09. The lowest BCUT2D eigenvalue weighted by molar-refractivity contribution is 1.12. The SMILES string of the molecule is C/C=c1\c(CC)ccc2/c(=C/C)c(CC)ccc12. The molecule has 0 fully saturated rings. The van der Waals surface area contributed by atoms with E-state index in [1.165, 1.54) is 32.3 Å². The van der Waals surface area contributed by atoms with Crippen molar-refractivity contribution in [1.29, 1.82) is 0 Å². The molecule has 0 spiro atoms. The fourth-order valence-electron chi connectivity index (χ4n) is 2.84. The molecular formula is C18H22. The molecule has 2 rings (SSSR count). The van der Waals surface area contributed by atoms with E-state index >= 15 is 0 Å². The van der Waals surface area contributed by atoms with Gasteiger partial charge in [-0.25, -0.2) is 0 Å². The summed E-state index contributed by atoms with van der Waals surface area (Å²) in [7, 11) is 0. The van der Waals surface area contributed by atoms with Crippen molar-refractivity contribution in [2.24, 2.45) is 0 Å². The van der Waals surface area contributed by atoms with E-state index in [9.17, 15) is 0 Å². The molecule has 0 saturated heterocycles. The van der Waals surface area contributed by atoms with Gasteiger partial charge in [-0.05, 0) is 59.0 Å². The third kappa shape index (κ3) is 1.96. The summed E-state index contributed by atoms with van der Waals surface area (Å²) in [6, 6.07) is 9.14. The Labute approximate surface area is 110 Å². The maximum Gasteiger partial charge on any atom is -0.0106 e. The second-order valence-corrected chi connectivity index (χ2v) is 4.66. The fraction of sp³-hybridized carbons (Fsp3) is 0.333. The van der Waals surface area contributed by atoms with Crippen LogP contribution in [0, 0.1) is 0 Å². The van der Waals surface area contributed by atoms with Crippen molar-refractivity contribution in [3.05, 3.63) is 45.8 Å². The summed E-state index contributed by atoms with van der Waals surface area (Å²) >= 11 is 0. The van der Waals surface area contributed by atoms with Gasteiger partial charge in [0.2, 0.25) is 0 Å². The van der Waals surface area contributed by atoms with Gasteiger partial charge in [0.15, 0.2) is 0 Å². The average molecular weight is 238 g/mol. The molecule has 0 nitrogen and oxygen atoms in total. The highest BCUT2D eigenvalue weighted by Crippen LogP contribution is 2.10. The molecule has 0 aliphatic rings. The molecule has 2 aromatic carbocycles. The molecule has 0 bridgehead atoms. The van der Waals surface area contributed by atoms with Gasteiger partial charge in [-0.3, -0.25) is 0 Å². The summed E-state index contributed by atoms with van der Waals surface area (Å²) < 4.78 is 0. The Hall–Kier alpha value is -1.56. The average Bonchev–Trinajstić information content (AvgIpc) is 2.44. The van der Waals surface area contributed by atoms with Crippen molar-refractivity contribution in [1.82, 2.24) is 0 Å². The van der Waals surface area contributed by atoms with Gasteiger partial charge in [0.1, 0.15) is 0 Å². The summed E-state index contributed by atoms with van der Waals surface area (Å²) in [5, 5.41) is 5.59. The highest BCUT2D eigenvalue weighted by molar-refractivity contribution is 5.86. The van der Waals surface area contributed by atoms with E-state index in [4.69, 9.17) is 0 Å². The minimum Gasteiger partial charge on any atom is -0.0795 e. The molecule has 0 unspecified atom stereocenters. The summed E-state index contributed by atoms with van der Waals surface area (Å²) in [5.41, 5.74) is 2.88. The first-order chi connectivity index (χ1) is 8.76. The van der Waals surface area contributed by atoms with Crippen LogP contribution in [0.1, 0.15) is 38.8 Å². The first-order valence-electron chi connectivity index (χ1n) is 6.92. The van der Waals surface area contributed by atoms with E-state index in [1.54, 1.807) is 0 Å². The second-order valence-electron chi connectivity index (χ2n) is 4.66. The third-order valence-corrected chi connectivity index (χ3v) is 3.80. The lowest BCUT2D eigenvalue weighted by Gasteiger charge is -2.08. The molecular weight excluding hydrogens is 216 g/mol. The molecule has 0 radical (unpaired) electrons.